The lowest BCUT2D eigenvalue weighted by Crippen LogP contribution is -2.66. The molecule has 1 saturated heterocycles. The average molecular weight is 827 g/mol. The maximum atomic E-state index is 12.4. The van der Waals surface area contributed by atoms with Crippen LogP contribution in [0.15, 0.2) is 30.3 Å². The van der Waals surface area contributed by atoms with Crippen molar-refractivity contribution in [3.63, 3.8) is 0 Å². The van der Waals surface area contributed by atoms with Crippen LogP contribution >= 0.6 is 0 Å². The van der Waals surface area contributed by atoms with Gasteiger partial charge in [0, 0.05) is 47.2 Å². The van der Waals surface area contributed by atoms with Gasteiger partial charge in [0.2, 0.25) is 17.7 Å². The summed E-state index contributed by atoms with van der Waals surface area (Å²) in [5, 5.41) is 10.5. The van der Waals surface area contributed by atoms with Gasteiger partial charge in [0.15, 0.2) is 18.5 Å². The molecule has 0 radical (unpaired) electrons. The predicted octanol–water partition coefficient (Wildman–Crippen LogP) is 0.284. The Morgan fingerprint density at radius 2 is 1.29 bits per heavy atom. The molecule has 1 aliphatic rings. The van der Waals surface area contributed by atoms with Crippen molar-refractivity contribution in [1.82, 2.24) is 21.3 Å². The van der Waals surface area contributed by atoms with Crippen LogP contribution in [0.5, 0.6) is 0 Å². The molecular weight excluding hydrogens is 768 g/mol. The Morgan fingerprint density at radius 3 is 1.90 bits per heavy atom. The van der Waals surface area contributed by atoms with Crippen LogP contribution in [-0.2, 0) is 78.0 Å². The third-order valence-corrected chi connectivity index (χ3v) is 7.90. The van der Waals surface area contributed by atoms with Gasteiger partial charge in [-0.15, -0.1) is 0 Å². The molecule has 20 nitrogen and oxygen atoms in total. The summed E-state index contributed by atoms with van der Waals surface area (Å²) < 4.78 is 49.2. The molecule has 20 heteroatoms. The Kier molecular flexibility index (Phi) is 22.9. The molecule has 1 aliphatic heterocycles. The van der Waals surface area contributed by atoms with Gasteiger partial charge in [0.1, 0.15) is 25.4 Å². The number of rotatable bonds is 26. The first-order valence-corrected chi connectivity index (χ1v) is 18.8. The van der Waals surface area contributed by atoms with E-state index in [1.807, 2.05) is 44.2 Å². The summed E-state index contributed by atoms with van der Waals surface area (Å²) in [4.78, 5) is 83.8. The highest BCUT2D eigenvalue weighted by Gasteiger charge is 2.51. The fourth-order valence-corrected chi connectivity index (χ4v) is 5.35. The quantitative estimate of drug-likeness (QED) is 0.0556. The lowest BCUT2D eigenvalue weighted by Gasteiger charge is -2.44. The van der Waals surface area contributed by atoms with Crippen molar-refractivity contribution < 1.29 is 76.2 Å². The maximum absolute atomic E-state index is 12.4. The number of hydrogen-bond acceptors (Lipinski definition) is 16. The molecule has 1 aromatic carbocycles. The van der Waals surface area contributed by atoms with E-state index in [0.29, 0.717) is 0 Å². The number of alkyl carbamates (subject to hydrolysis) is 1. The smallest absolute Gasteiger partial charge is 0.407 e. The second-order valence-corrected chi connectivity index (χ2v) is 13.8. The highest BCUT2D eigenvalue weighted by atomic mass is 16.7. The summed E-state index contributed by atoms with van der Waals surface area (Å²) in [6.07, 6.45) is -5.28. The lowest BCUT2D eigenvalue weighted by atomic mass is 9.89. The number of benzene rings is 1. The molecular formula is C38H58N4O16. The zero-order valence-electron chi connectivity index (χ0n) is 34.0. The molecule has 5 unspecified atom stereocenters. The number of amides is 4. The summed E-state index contributed by atoms with van der Waals surface area (Å²) in [7, 11) is 0. The van der Waals surface area contributed by atoms with Crippen molar-refractivity contribution in [3.05, 3.63) is 35.9 Å². The van der Waals surface area contributed by atoms with Gasteiger partial charge in [0.25, 0.3) is 0 Å². The molecule has 326 valence electrons. The lowest BCUT2D eigenvalue weighted by molar-refractivity contribution is -0.279. The Hall–Kier alpha value is -4.89. The Balaban J connectivity index is 1.58. The number of carbonyl (C=O) groups excluding carboxylic acids is 7. The molecule has 0 aliphatic carbocycles. The van der Waals surface area contributed by atoms with Crippen molar-refractivity contribution in [3.8, 4) is 0 Å². The normalized spacial score (nSPS) is 18.9. The fourth-order valence-electron chi connectivity index (χ4n) is 5.35. The number of nitrogens with one attached hydrogen (secondary N) is 4. The highest BCUT2D eigenvalue weighted by Crippen LogP contribution is 2.28. The third-order valence-electron chi connectivity index (χ3n) is 7.90. The molecule has 4 amide bonds. The molecule has 58 heavy (non-hydrogen) atoms. The second kappa shape index (κ2) is 26.9. The summed E-state index contributed by atoms with van der Waals surface area (Å²) in [6, 6.07) is 8.07. The Labute approximate surface area is 337 Å². The minimum absolute atomic E-state index is 0.0158. The minimum atomic E-state index is -1.23. The van der Waals surface area contributed by atoms with Crippen molar-refractivity contribution in [2.75, 3.05) is 72.5 Å². The second-order valence-electron chi connectivity index (χ2n) is 13.8. The third kappa shape index (κ3) is 21.6. The molecule has 1 heterocycles. The van der Waals surface area contributed by atoms with Gasteiger partial charge < -0.3 is 63.9 Å². The van der Waals surface area contributed by atoms with Crippen LogP contribution in [0, 0.1) is 5.41 Å². The first-order valence-electron chi connectivity index (χ1n) is 18.8. The Morgan fingerprint density at radius 1 is 0.690 bits per heavy atom. The summed E-state index contributed by atoms with van der Waals surface area (Å²) in [5.74, 6) is -3.15. The van der Waals surface area contributed by atoms with E-state index in [-0.39, 0.29) is 91.4 Å². The predicted molar refractivity (Wildman–Crippen MR) is 201 cm³/mol. The number of hydrogen-bond donors (Lipinski definition) is 4. The van der Waals surface area contributed by atoms with Crippen LogP contribution in [0.25, 0.3) is 0 Å². The van der Waals surface area contributed by atoms with E-state index in [9.17, 15) is 33.6 Å². The van der Waals surface area contributed by atoms with E-state index >= 15 is 0 Å². The molecule has 5 atom stereocenters. The molecule has 0 saturated carbocycles. The van der Waals surface area contributed by atoms with E-state index in [0.717, 1.165) is 19.4 Å². The zero-order valence-corrected chi connectivity index (χ0v) is 34.0. The van der Waals surface area contributed by atoms with Gasteiger partial charge in [-0.3, -0.25) is 28.8 Å². The van der Waals surface area contributed by atoms with Crippen LogP contribution in [0.2, 0.25) is 0 Å². The number of carbonyl (C=O) groups is 7. The molecule has 1 fully saturated rings. The van der Waals surface area contributed by atoms with Crippen LogP contribution < -0.4 is 21.3 Å². The molecule has 2 rings (SSSR count). The van der Waals surface area contributed by atoms with E-state index in [1.54, 1.807) is 0 Å². The monoisotopic (exact) mass is 826 g/mol. The minimum Gasteiger partial charge on any atom is -0.463 e. The van der Waals surface area contributed by atoms with E-state index in [1.165, 1.54) is 13.8 Å². The van der Waals surface area contributed by atoms with Crippen molar-refractivity contribution in [2.24, 2.45) is 5.41 Å². The van der Waals surface area contributed by atoms with Gasteiger partial charge in [-0.05, 0) is 11.0 Å². The van der Waals surface area contributed by atoms with Crippen LogP contribution in [0.4, 0.5) is 4.79 Å². The fraction of sp³-hybridized carbons (Fsp3) is 0.658. The van der Waals surface area contributed by atoms with Crippen LogP contribution in [0.3, 0.4) is 0 Å². The highest BCUT2D eigenvalue weighted by molar-refractivity contribution is 5.82. The topological polar surface area (TPSA) is 251 Å². The van der Waals surface area contributed by atoms with Gasteiger partial charge in [0.05, 0.1) is 52.8 Å². The van der Waals surface area contributed by atoms with Crippen molar-refractivity contribution in [2.45, 2.75) is 85.2 Å². The van der Waals surface area contributed by atoms with Crippen molar-refractivity contribution in [1.29, 1.82) is 0 Å². The SMILES string of the molecule is CC(=O)NC1C(OCCOCCOCCOCCNC(=O)CC(C)(C)CNC(=O)CNC(=O)OCc2ccccc2)OC(COC(C)=O)C(OC(C)=O)C1OC(C)=O. The Bertz CT molecular complexity index is 1460. The summed E-state index contributed by atoms with van der Waals surface area (Å²) in [6.45, 7) is 9.75. The number of esters is 3. The molecule has 4 N–H and O–H groups in total. The van der Waals surface area contributed by atoms with Crippen LogP contribution in [-0.4, -0.2) is 145 Å². The average Bonchev–Trinajstić information content (AvgIpc) is 3.15. The van der Waals surface area contributed by atoms with Gasteiger partial charge in [-0.25, -0.2) is 4.79 Å². The maximum Gasteiger partial charge on any atom is 0.407 e. The first-order chi connectivity index (χ1) is 27.6. The van der Waals surface area contributed by atoms with Crippen LogP contribution in [0.1, 0.15) is 53.5 Å². The summed E-state index contributed by atoms with van der Waals surface area (Å²) in [5.41, 5.74) is 0.278. The molecule has 0 spiro atoms. The molecule has 1 aromatic rings. The van der Waals surface area contributed by atoms with Gasteiger partial charge in [-0.2, -0.15) is 0 Å². The van der Waals surface area contributed by atoms with Crippen molar-refractivity contribution >= 4 is 41.7 Å². The standard InChI is InChI=1S/C38H58N4O16/c1-25(43)42-33-35(57-28(4)46)34(56-27(3)45)30(23-54-26(2)44)58-36(33)53-19-18-52-17-16-51-15-14-50-13-12-39-31(47)20-38(5,6)24-41-32(48)21-40-37(49)55-22-29-10-8-7-9-11-29/h7-11,30,33-36H,12-24H2,1-6H3,(H,39,47)(H,40,49)(H,41,48)(H,42,43). The number of ether oxygens (including phenoxy) is 9. The largest absolute Gasteiger partial charge is 0.463 e. The van der Waals surface area contributed by atoms with Gasteiger partial charge >= 0.3 is 24.0 Å². The zero-order chi connectivity index (χ0) is 42.9. The van der Waals surface area contributed by atoms with E-state index in [4.69, 9.17) is 42.6 Å². The first kappa shape index (κ1) is 49.3. The summed E-state index contributed by atoms with van der Waals surface area (Å²) >= 11 is 0. The van der Waals surface area contributed by atoms with E-state index < -0.39 is 71.9 Å². The van der Waals surface area contributed by atoms with E-state index in [2.05, 4.69) is 21.3 Å². The van der Waals surface area contributed by atoms with Gasteiger partial charge in [-0.1, -0.05) is 44.2 Å². The molecule has 0 aromatic heterocycles. The molecule has 0 bridgehead atoms.